The molecule has 1 aliphatic rings. The first-order valence-corrected chi connectivity index (χ1v) is 7.62. The number of carbonyl (C=O) groups excluding carboxylic acids is 1. The molecule has 1 aromatic heterocycles. The van der Waals surface area contributed by atoms with Crippen molar-refractivity contribution in [1.82, 2.24) is 10.3 Å². The van der Waals surface area contributed by atoms with Crippen LogP contribution in [0.5, 0.6) is 0 Å². The van der Waals surface area contributed by atoms with E-state index in [1.165, 1.54) is 12.8 Å². The first kappa shape index (κ1) is 14.8. The fourth-order valence-electron chi connectivity index (χ4n) is 2.53. The van der Waals surface area contributed by atoms with Crippen molar-refractivity contribution in [3.63, 3.8) is 0 Å². The van der Waals surface area contributed by atoms with Crippen molar-refractivity contribution in [3.8, 4) is 0 Å². The molecule has 1 amide bonds. The average Bonchev–Trinajstić information content (AvgIpc) is 2.47. The first-order valence-electron chi connectivity index (χ1n) is 7.62. The Morgan fingerprint density at radius 3 is 2.95 bits per heavy atom. The zero-order valence-electron chi connectivity index (χ0n) is 12.7. The Morgan fingerprint density at radius 1 is 1.55 bits per heavy atom. The molecular weight excluding hydrogens is 250 g/mol. The molecule has 1 N–H and O–H groups in total. The summed E-state index contributed by atoms with van der Waals surface area (Å²) in [4.78, 5) is 18.6. The molecular formula is C16H25N3O. The Hall–Kier alpha value is -1.58. The van der Waals surface area contributed by atoms with Gasteiger partial charge in [-0.05, 0) is 44.2 Å². The SMILES string of the molecule is CCC(C)NC(=O)c1ccc(N2CCCC(C)C2)cn1. The van der Waals surface area contributed by atoms with Crippen LogP contribution in [-0.2, 0) is 0 Å². The first-order chi connectivity index (χ1) is 9.60. The van der Waals surface area contributed by atoms with E-state index in [9.17, 15) is 4.79 Å². The number of hydrogen-bond donors (Lipinski definition) is 1. The van der Waals surface area contributed by atoms with E-state index in [4.69, 9.17) is 0 Å². The number of nitrogens with one attached hydrogen (secondary N) is 1. The van der Waals surface area contributed by atoms with E-state index in [0.29, 0.717) is 5.69 Å². The minimum atomic E-state index is -0.0853. The van der Waals surface area contributed by atoms with Crippen LogP contribution in [0.3, 0.4) is 0 Å². The molecule has 0 saturated carbocycles. The summed E-state index contributed by atoms with van der Waals surface area (Å²) in [6.07, 6.45) is 5.29. The van der Waals surface area contributed by atoms with Crippen LogP contribution in [0.2, 0.25) is 0 Å². The molecule has 2 heterocycles. The molecule has 4 nitrogen and oxygen atoms in total. The van der Waals surface area contributed by atoms with Gasteiger partial charge < -0.3 is 10.2 Å². The molecule has 0 bridgehead atoms. The molecule has 2 rings (SSSR count). The maximum atomic E-state index is 12.0. The minimum Gasteiger partial charge on any atom is -0.370 e. The number of anilines is 1. The third kappa shape index (κ3) is 3.71. The van der Waals surface area contributed by atoms with Crippen LogP contribution >= 0.6 is 0 Å². The average molecular weight is 275 g/mol. The van der Waals surface area contributed by atoms with Gasteiger partial charge in [0.2, 0.25) is 0 Å². The van der Waals surface area contributed by atoms with Crippen molar-refractivity contribution in [2.24, 2.45) is 5.92 Å². The Morgan fingerprint density at radius 2 is 2.35 bits per heavy atom. The van der Waals surface area contributed by atoms with E-state index >= 15 is 0 Å². The van der Waals surface area contributed by atoms with Crippen molar-refractivity contribution in [1.29, 1.82) is 0 Å². The van der Waals surface area contributed by atoms with Gasteiger partial charge in [-0.3, -0.25) is 4.79 Å². The lowest BCUT2D eigenvalue weighted by atomic mass is 10.00. The number of piperidine rings is 1. The lowest BCUT2D eigenvalue weighted by Gasteiger charge is -2.32. The fourth-order valence-corrected chi connectivity index (χ4v) is 2.53. The Kier molecular flexibility index (Phi) is 4.99. The fraction of sp³-hybridized carbons (Fsp3) is 0.625. The molecule has 2 unspecified atom stereocenters. The van der Waals surface area contributed by atoms with E-state index in [1.54, 1.807) is 0 Å². The lowest BCUT2D eigenvalue weighted by Crippen LogP contribution is -2.35. The topological polar surface area (TPSA) is 45.2 Å². The number of aromatic nitrogens is 1. The summed E-state index contributed by atoms with van der Waals surface area (Å²) in [5, 5.41) is 2.94. The highest BCUT2D eigenvalue weighted by Crippen LogP contribution is 2.22. The van der Waals surface area contributed by atoms with Gasteiger partial charge in [-0.1, -0.05) is 13.8 Å². The van der Waals surface area contributed by atoms with E-state index < -0.39 is 0 Å². The Labute approximate surface area is 121 Å². The zero-order valence-corrected chi connectivity index (χ0v) is 12.7. The normalized spacial score (nSPS) is 20.6. The largest absolute Gasteiger partial charge is 0.370 e. The summed E-state index contributed by atoms with van der Waals surface area (Å²) in [6, 6.07) is 4.02. The van der Waals surface area contributed by atoms with Crippen LogP contribution in [0.1, 0.15) is 50.5 Å². The van der Waals surface area contributed by atoms with Gasteiger partial charge in [0.15, 0.2) is 0 Å². The van der Waals surface area contributed by atoms with E-state index in [2.05, 4.69) is 29.0 Å². The summed E-state index contributed by atoms with van der Waals surface area (Å²) >= 11 is 0. The van der Waals surface area contributed by atoms with Gasteiger partial charge in [-0.2, -0.15) is 0 Å². The Balaban J connectivity index is 2.00. The van der Waals surface area contributed by atoms with Gasteiger partial charge in [-0.25, -0.2) is 4.98 Å². The summed E-state index contributed by atoms with van der Waals surface area (Å²) in [6.45, 7) is 8.51. The molecule has 1 aromatic rings. The van der Waals surface area contributed by atoms with Crippen LogP contribution < -0.4 is 10.2 Å². The van der Waals surface area contributed by atoms with Crippen molar-refractivity contribution in [2.45, 2.75) is 46.1 Å². The number of nitrogens with zero attached hydrogens (tertiary/aromatic N) is 2. The molecule has 2 atom stereocenters. The van der Waals surface area contributed by atoms with Crippen LogP contribution in [0.25, 0.3) is 0 Å². The summed E-state index contributed by atoms with van der Waals surface area (Å²) < 4.78 is 0. The van der Waals surface area contributed by atoms with Gasteiger partial charge in [0.25, 0.3) is 5.91 Å². The second-order valence-corrected chi connectivity index (χ2v) is 5.88. The molecule has 4 heteroatoms. The number of carbonyl (C=O) groups is 1. The summed E-state index contributed by atoms with van der Waals surface area (Å²) in [5.41, 5.74) is 1.62. The van der Waals surface area contributed by atoms with Crippen LogP contribution in [0.15, 0.2) is 18.3 Å². The molecule has 1 fully saturated rings. The van der Waals surface area contributed by atoms with Gasteiger partial charge in [0.1, 0.15) is 5.69 Å². The lowest BCUT2D eigenvalue weighted by molar-refractivity contribution is 0.0934. The minimum absolute atomic E-state index is 0.0853. The van der Waals surface area contributed by atoms with Gasteiger partial charge >= 0.3 is 0 Å². The Bertz CT molecular complexity index is 444. The highest BCUT2D eigenvalue weighted by molar-refractivity contribution is 5.92. The quantitative estimate of drug-likeness (QED) is 0.919. The molecule has 0 aromatic carbocycles. The van der Waals surface area contributed by atoms with Crippen molar-refractivity contribution in [2.75, 3.05) is 18.0 Å². The predicted octanol–water partition coefficient (Wildman–Crippen LogP) is 2.85. The van der Waals surface area contributed by atoms with E-state index in [0.717, 1.165) is 31.1 Å². The van der Waals surface area contributed by atoms with Crippen LogP contribution in [-0.4, -0.2) is 30.0 Å². The van der Waals surface area contributed by atoms with Gasteiger partial charge in [0, 0.05) is 19.1 Å². The van der Waals surface area contributed by atoms with Gasteiger partial charge in [-0.15, -0.1) is 0 Å². The molecule has 0 aliphatic carbocycles. The number of hydrogen-bond acceptors (Lipinski definition) is 3. The number of amides is 1. The molecule has 20 heavy (non-hydrogen) atoms. The second-order valence-electron chi connectivity index (χ2n) is 5.88. The van der Waals surface area contributed by atoms with Gasteiger partial charge in [0.05, 0.1) is 11.9 Å². The predicted molar refractivity (Wildman–Crippen MR) is 82.1 cm³/mol. The summed E-state index contributed by atoms with van der Waals surface area (Å²) in [5.74, 6) is 0.648. The maximum Gasteiger partial charge on any atom is 0.270 e. The standard InChI is InChI=1S/C16H25N3O/c1-4-13(3)18-16(20)15-8-7-14(10-17-15)19-9-5-6-12(2)11-19/h7-8,10,12-13H,4-6,9,11H2,1-3H3,(H,18,20). The van der Waals surface area contributed by atoms with Crippen LogP contribution in [0, 0.1) is 5.92 Å². The van der Waals surface area contributed by atoms with E-state index in [-0.39, 0.29) is 11.9 Å². The molecule has 1 aliphatic heterocycles. The molecule has 1 saturated heterocycles. The monoisotopic (exact) mass is 275 g/mol. The third-order valence-electron chi connectivity index (χ3n) is 3.99. The third-order valence-corrected chi connectivity index (χ3v) is 3.99. The maximum absolute atomic E-state index is 12.0. The summed E-state index contributed by atoms with van der Waals surface area (Å²) in [7, 11) is 0. The smallest absolute Gasteiger partial charge is 0.270 e. The molecule has 0 spiro atoms. The van der Waals surface area contributed by atoms with Crippen molar-refractivity contribution < 1.29 is 4.79 Å². The van der Waals surface area contributed by atoms with Crippen molar-refractivity contribution >= 4 is 11.6 Å². The molecule has 110 valence electrons. The molecule has 0 radical (unpaired) electrons. The number of pyridine rings is 1. The van der Waals surface area contributed by atoms with E-state index in [1.807, 2.05) is 25.3 Å². The zero-order chi connectivity index (χ0) is 14.5. The van der Waals surface area contributed by atoms with Crippen LogP contribution in [0.4, 0.5) is 5.69 Å². The van der Waals surface area contributed by atoms with Crippen molar-refractivity contribution in [3.05, 3.63) is 24.0 Å². The number of rotatable bonds is 4. The highest BCUT2D eigenvalue weighted by Gasteiger charge is 2.17. The highest BCUT2D eigenvalue weighted by atomic mass is 16.1. The second kappa shape index (κ2) is 6.73.